The fourth-order valence-electron chi connectivity index (χ4n) is 1.25. The Hall–Kier alpha value is -1.58. The highest BCUT2D eigenvalue weighted by atomic mass is 35.5. The Morgan fingerprint density at radius 1 is 1.06 bits per heavy atom. The predicted octanol–water partition coefficient (Wildman–Crippen LogP) is 1.85. The van der Waals surface area contributed by atoms with Gasteiger partial charge in [-0.15, -0.1) is 0 Å². The van der Waals surface area contributed by atoms with Crippen LogP contribution in [0.1, 0.15) is 5.56 Å². The van der Waals surface area contributed by atoms with Crippen molar-refractivity contribution >= 4 is 29.1 Å². The van der Waals surface area contributed by atoms with Crippen LogP contribution in [0, 0.1) is 0 Å². The zero-order valence-electron chi connectivity index (χ0n) is 8.68. The Bertz CT molecular complexity index is 556. The van der Waals surface area contributed by atoms with Crippen LogP contribution in [0.2, 0.25) is 10.0 Å². The summed E-state index contributed by atoms with van der Waals surface area (Å²) in [5, 5.41) is 16.4. The molecule has 0 spiro atoms. The first-order valence-electron chi connectivity index (χ1n) is 4.84. The molecule has 1 heterocycles. The predicted molar refractivity (Wildman–Crippen MR) is 65.0 cm³/mol. The highest BCUT2D eigenvalue weighted by molar-refractivity contribution is 6.42. The van der Waals surface area contributed by atoms with Crippen LogP contribution >= 0.6 is 23.2 Å². The van der Waals surface area contributed by atoms with E-state index in [0.717, 1.165) is 0 Å². The van der Waals surface area contributed by atoms with Crippen molar-refractivity contribution in [3.63, 3.8) is 0 Å². The third-order valence-electron chi connectivity index (χ3n) is 2.07. The van der Waals surface area contributed by atoms with E-state index in [0.29, 0.717) is 15.6 Å². The third-order valence-corrected chi connectivity index (χ3v) is 2.81. The standard InChI is InChI=1S/C12H8Cl2N2O/c13-10-5-4-9(8-11(10)14)12(17)15-16-6-2-1-3-7-16/h1-8H. The Labute approximate surface area is 109 Å². The van der Waals surface area contributed by atoms with Gasteiger partial charge in [0.05, 0.1) is 15.9 Å². The van der Waals surface area contributed by atoms with Crippen molar-refractivity contribution in [1.82, 2.24) is 0 Å². The van der Waals surface area contributed by atoms with Crippen LogP contribution in [-0.4, -0.2) is 5.90 Å². The molecule has 0 saturated carbocycles. The maximum Gasteiger partial charge on any atom is 0.202 e. The van der Waals surface area contributed by atoms with Crippen LogP contribution in [0.15, 0.2) is 53.9 Å². The van der Waals surface area contributed by atoms with Gasteiger partial charge in [-0.25, -0.2) is 0 Å². The summed E-state index contributed by atoms with van der Waals surface area (Å²) < 4.78 is 1.44. The molecule has 1 aromatic carbocycles. The Morgan fingerprint density at radius 2 is 1.76 bits per heavy atom. The van der Waals surface area contributed by atoms with Crippen molar-refractivity contribution in [3.8, 4) is 0 Å². The summed E-state index contributed by atoms with van der Waals surface area (Å²) in [4.78, 5) is 0. The summed E-state index contributed by atoms with van der Waals surface area (Å²) in [7, 11) is 0. The van der Waals surface area contributed by atoms with Crippen molar-refractivity contribution in [2.24, 2.45) is 5.10 Å². The van der Waals surface area contributed by atoms with Crippen molar-refractivity contribution in [2.75, 3.05) is 0 Å². The van der Waals surface area contributed by atoms with E-state index in [-0.39, 0.29) is 5.90 Å². The molecule has 0 aliphatic heterocycles. The second kappa shape index (κ2) is 5.17. The molecule has 17 heavy (non-hydrogen) atoms. The van der Waals surface area contributed by atoms with Gasteiger partial charge in [-0.05, 0) is 22.8 Å². The summed E-state index contributed by atoms with van der Waals surface area (Å²) in [6.07, 6.45) is 3.35. The number of halogens is 2. The summed E-state index contributed by atoms with van der Waals surface area (Å²) in [6, 6.07) is 10.1. The van der Waals surface area contributed by atoms with Gasteiger partial charge in [0.15, 0.2) is 0 Å². The molecular weight excluding hydrogens is 259 g/mol. The minimum absolute atomic E-state index is 0.339. The fourth-order valence-corrected chi connectivity index (χ4v) is 1.55. The van der Waals surface area contributed by atoms with Crippen molar-refractivity contribution in [3.05, 3.63) is 64.4 Å². The van der Waals surface area contributed by atoms with Crippen molar-refractivity contribution in [1.29, 1.82) is 0 Å². The van der Waals surface area contributed by atoms with E-state index in [2.05, 4.69) is 5.10 Å². The molecule has 2 rings (SSSR count). The Kier molecular flexibility index (Phi) is 3.61. The van der Waals surface area contributed by atoms with Crippen molar-refractivity contribution in [2.45, 2.75) is 0 Å². The first-order chi connectivity index (χ1) is 8.16. The SMILES string of the molecule is [O-]/C(=N\[n+]1ccccc1)c1ccc(Cl)c(Cl)c1. The molecule has 0 radical (unpaired) electrons. The minimum atomic E-state index is -0.375. The zero-order valence-corrected chi connectivity index (χ0v) is 10.2. The first-order valence-corrected chi connectivity index (χ1v) is 5.60. The van der Waals surface area contributed by atoms with Gasteiger partial charge in [0.2, 0.25) is 12.4 Å². The van der Waals surface area contributed by atoms with E-state index in [1.165, 1.54) is 10.7 Å². The van der Waals surface area contributed by atoms with Crippen molar-refractivity contribution < 1.29 is 9.78 Å². The van der Waals surface area contributed by atoms with Gasteiger partial charge in [0.25, 0.3) is 0 Å². The summed E-state index contributed by atoms with van der Waals surface area (Å²) in [6.45, 7) is 0. The quantitative estimate of drug-likeness (QED) is 0.465. The topological polar surface area (TPSA) is 39.3 Å². The van der Waals surface area contributed by atoms with Gasteiger partial charge in [-0.1, -0.05) is 40.0 Å². The highest BCUT2D eigenvalue weighted by Gasteiger charge is 2.01. The minimum Gasteiger partial charge on any atom is -0.854 e. The molecule has 0 atom stereocenters. The van der Waals surface area contributed by atoms with E-state index < -0.39 is 0 Å². The van der Waals surface area contributed by atoms with Gasteiger partial charge in [-0.2, -0.15) is 0 Å². The monoisotopic (exact) mass is 266 g/mol. The molecule has 2 aromatic rings. The lowest BCUT2D eigenvalue weighted by molar-refractivity contribution is -0.681. The molecule has 0 fully saturated rings. The molecule has 0 bridgehead atoms. The van der Waals surface area contributed by atoms with Gasteiger partial charge in [-0.3, -0.25) is 0 Å². The molecule has 1 aromatic heterocycles. The van der Waals surface area contributed by atoms with Crippen LogP contribution < -0.4 is 9.78 Å². The van der Waals surface area contributed by atoms with E-state index in [4.69, 9.17) is 23.2 Å². The number of hydrogen-bond donors (Lipinski definition) is 0. The van der Waals surface area contributed by atoms with Crippen LogP contribution in [0.4, 0.5) is 0 Å². The summed E-state index contributed by atoms with van der Waals surface area (Å²) in [5.41, 5.74) is 0.399. The largest absolute Gasteiger partial charge is 0.854 e. The number of aromatic nitrogens is 1. The number of benzene rings is 1. The normalized spacial score (nSPS) is 11.5. The number of rotatable bonds is 2. The Balaban J connectivity index is 2.34. The van der Waals surface area contributed by atoms with E-state index >= 15 is 0 Å². The molecule has 3 nitrogen and oxygen atoms in total. The molecule has 5 heteroatoms. The average molecular weight is 267 g/mol. The maximum atomic E-state index is 11.8. The second-order valence-corrected chi connectivity index (χ2v) is 4.10. The van der Waals surface area contributed by atoms with E-state index in [1.54, 1.807) is 36.7 Å². The van der Waals surface area contributed by atoms with Gasteiger partial charge in [0, 0.05) is 12.1 Å². The fraction of sp³-hybridized carbons (Fsp3) is 0. The summed E-state index contributed by atoms with van der Waals surface area (Å²) >= 11 is 11.6. The highest BCUT2D eigenvalue weighted by Crippen LogP contribution is 2.22. The van der Waals surface area contributed by atoms with Gasteiger partial charge < -0.3 is 5.11 Å². The molecule has 0 amide bonds. The molecule has 0 N–H and O–H groups in total. The molecule has 0 aliphatic rings. The molecule has 0 saturated heterocycles. The number of nitrogens with zero attached hydrogens (tertiary/aromatic N) is 2. The van der Waals surface area contributed by atoms with Crippen LogP contribution in [0.5, 0.6) is 0 Å². The molecule has 0 aliphatic carbocycles. The smallest absolute Gasteiger partial charge is 0.202 e. The van der Waals surface area contributed by atoms with E-state index in [1.807, 2.05) is 6.07 Å². The molecular formula is C12H8Cl2N2O. The van der Waals surface area contributed by atoms with Crippen LogP contribution in [-0.2, 0) is 0 Å². The molecule has 0 unspecified atom stereocenters. The first kappa shape index (κ1) is 11.9. The lowest BCUT2D eigenvalue weighted by Crippen LogP contribution is -2.33. The molecule has 86 valence electrons. The van der Waals surface area contributed by atoms with Gasteiger partial charge >= 0.3 is 0 Å². The second-order valence-electron chi connectivity index (χ2n) is 3.29. The zero-order chi connectivity index (χ0) is 12.3. The van der Waals surface area contributed by atoms with E-state index in [9.17, 15) is 5.11 Å². The summed E-state index contributed by atoms with van der Waals surface area (Å²) in [5.74, 6) is -0.375. The van der Waals surface area contributed by atoms with Crippen LogP contribution in [0.25, 0.3) is 0 Å². The average Bonchev–Trinajstić information content (AvgIpc) is 2.34. The number of hydrogen-bond acceptors (Lipinski definition) is 2. The van der Waals surface area contributed by atoms with Crippen LogP contribution in [0.3, 0.4) is 0 Å². The Morgan fingerprint density at radius 3 is 2.41 bits per heavy atom. The maximum absolute atomic E-state index is 11.8. The third kappa shape index (κ3) is 2.96. The number of pyridine rings is 1. The lowest BCUT2D eigenvalue weighted by atomic mass is 10.2. The lowest BCUT2D eigenvalue weighted by Gasteiger charge is -2.07. The van der Waals surface area contributed by atoms with Gasteiger partial charge in [0.1, 0.15) is 0 Å².